The molecule has 2 N–H and O–H groups in total. The number of nitrogens with zero attached hydrogens (tertiary/aromatic N) is 1. The number of fused-ring (bicyclic) bond motifs is 3. The summed E-state index contributed by atoms with van der Waals surface area (Å²) in [4.78, 5) is 11.8. The van der Waals surface area contributed by atoms with E-state index in [0.29, 0.717) is 18.8 Å². The SMILES string of the molecule is CCOC(=O)c1[nH]nc2c1CNc1ccccc1-2. The molecule has 0 fully saturated rings. The van der Waals surface area contributed by atoms with Crippen molar-refractivity contribution < 1.29 is 9.53 Å². The third-order valence-electron chi connectivity index (χ3n) is 2.98. The van der Waals surface area contributed by atoms with Crippen LogP contribution in [0.2, 0.25) is 0 Å². The number of carbonyl (C=O) groups excluding carboxylic acids is 1. The maximum Gasteiger partial charge on any atom is 0.356 e. The highest BCUT2D eigenvalue weighted by molar-refractivity contribution is 5.93. The first-order valence-electron chi connectivity index (χ1n) is 5.89. The summed E-state index contributed by atoms with van der Waals surface area (Å²) in [6.45, 7) is 2.72. The predicted molar refractivity (Wildman–Crippen MR) is 67.3 cm³/mol. The van der Waals surface area contributed by atoms with Crippen LogP contribution in [-0.2, 0) is 11.3 Å². The summed E-state index contributed by atoms with van der Waals surface area (Å²) in [5.74, 6) is -0.354. The molecule has 0 aliphatic carbocycles. The largest absolute Gasteiger partial charge is 0.461 e. The van der Waals surface area contributed by atoms with Gasteiger partial charge >= 0.3 is 5.97 Å². The van der Waals surface area contributed by atoms with Gasteiger partial charge in [0, 0.05) is 23.4 Å². The Kier molecular flexibility index (Phi) is 2.51. The molecular weight excluding hydrogens is 230 g/mol. The van der Waals surface area contributed by atoms with Crippen LogP contribution >= 0.6 is 0 Å². The van der Waals surface area contributed by atoms with Crippen molar-refractivity contribution in [2.24, 2.45) is 0 Å². The Morgan fingerprint density at radius 3 is 3.11 bits per heavy atom. The highest BCUT2D eigenvalue weighted by Crippen LogP contribution is 2.35. The number of rotatable bonds is 2. The third-order valence-corrected chi connectivity index (χ3v) is 2.98. The molecule has 1 aliphatic heterocycles. The van der Waals surface area contributed by atoms with Crippen LogP contribution in [0.25, 0.3) is 11.3 Å². The van der Waals surface area contributed by atoms with E-state index in [0.717, 1.165) is 22.5 Å². The highest BCUT2D eigenvalue weighted by atomic mass is 16.5. The van der Waals surface area contributed by atoms with Crippen molar-refractivity contribution in [2.45, 2.75) is 13.5 Å². The fourth-order valence-corrected chi connectivity index (χ4v) is 2.16. The minimum absolute atomic E-state index is 0.354. The van der Waals surface area contributed by atoms with Gasteiger partial charge in [0.15, 0.2) is 0 Å². The fraction of sp³-hybridized carbons (Fsp3) is 0.231. The van der Waals surface area contributed by atoms with Gasteiger partial charge in [-0.25, -0.2) is 4.79 Å². The molecule has 3 rings (SSSR count). The number of aromatic amines is 1. The van der Waals surface area contributed by atoms with Crippen molar-refractivity contribution in [1.82, 2.24) is 10.2 Å². The molecular formula is C13H13N3O2. The van der Waals surface area contributed by atoms with Crippen LogP contribution in [-0.4, -0.2) is 22.8 Å². The van der Waals surface area contributed by atoms with Crippen molar-refractivity contribution in [1.29, 1.82) is 0 Å². The van der Waals surface area contributed by atoms with Crippen LogP contribution in [0.3, 0.4) is 0 Å². The monoisotopic (exact) mass is 243 g/mol. The van der Waals surface area contributed by atoms with Crippen LogP contribution in [0.15, 0.2) is 24.3 Å². The van der Waals surface area contributed by atoms with Gasteiger partial charge in [-0.15, -0.1) is 0 Å². The first-order chi connectivity index (χ1) is 8.81. The van der Waals surface area contributed by atoms with Gasteiger partial charge in [-0.2, -0.15) is 5.10 Å². The number of esters is 1. The van der Waals surface area contributed by atoms with E-state index in [1.807, 2.05) is 24.3 Å². The maximum absolute atomic E-state index is 11.8. The molecule has 0 atom stereocenters. The molecule has 0 saturated carbocycles. The molecule has 1 aromatic carbocycles. The molecule has 2 heterocycles. The summed E-state index contributed by atoms with van der Waals surface area (Å²) in [7, 11) is 0. The number of ether oxygens (including phenoxy) is 1. The minimum atomic E-state index is -0.354. The number of para-hydroxylation sites is 1. The Morgan fingerprint density at radius 1 is 1.44 bits per heavy atom. The lowest BCUT2D eigenvalue weighted by Crippen LogP contribution is -2.13. The van der Waals surface area contributed by atoms with Crippen LogP contribution in [0.4, 0.5) is 5.69 Å². The first-order valence-corrected chi connectivity index (χ1v) is 5.89. The van der Waals surface area contributed by atoms with E-state index in [2.05, 4.69) is 15.5 Å². The second-order valence-corrected chi connectivity index (χ2v) is 4.05. The van der Waals surface area contributed by atoms with Gasteiger partial charge in [0.25, 0.3) is 0 Å². The minimum Gasteiger partial charge on any atom is -0.461 e. The molecule has 1 aromatic heterocycles. The Balaban J connectivity index is 2.07. The molecule has 0 bridgehead atoms. The van der Waals surface area contributed by atoms with Gasteiger partial charge in [-0.1, -0.05) is 18.2 Å². The zero-order valence-corrected chi connectivity index (χ0v) is 9.99. The molecule has 0 unspecified atom stereocenters. The number of benzene rings is 1. The summed E-state index contributed by atoms with van der Waals surface area (Å²) in [5.41, 5.74) is 4.17. The van der Waals surface area contributed by atoms with Crippen LogP contribution < -0.4 is 5.32 Å². The molecule has 5 heteroatoms. The average Bonchev–Trinajstić information content (AvgIpc) is 2.83. The zero-order chi connectivity index (χ0) is 12.5. The molecule has 0 saturated heterocycles. The van der Waals surface area contributed by atoms with Crippen molar-refractivity contribution in [3.05, 3.63) is 35.5 Å². The number of anilines is 1. The normalized spacial score (nSPS) is 12.3. The summed E-state index contributed by atoms with van der Waals surface area (Å²) < 4.78 is 5.00. The average molecular weight is 243 g/mol. The van der Waals surface area contributed by atoms with Gasteiger partial charge in [0.1, 0.15) is 5.69 Å². The van der Waals surface area contributed by atoms with Crippen molar-refractivity contribution in [2.75, 3.05) is 11.9 Å². The second kappa shape index (κ2) is 4.18. The molecule has 2 aromatic rings. The molecule has 92 valence electrons. The van der Waals surface area contributed by atoms with E-state index < -0.39 is 0 Å². The molecule has 0 radical (unpaired) electrons. The van der Waals surface area contributed by atoms with Crippen LogP contribution in [0.5, 0.6) is 0 Å². The van der Waals surface area contributed by atoms with Crippen molar-refractivity contribution in [3.8, 4) is 11.3 Å². The zero-order valence-electron chi connectivity index (χ0n) is 9.99. The topological polar surface area (TPSA) is 67.0 Å². The second-order valence-electron chi connectivity index (χ2n) is 4.05. The summed E-state index contributed by atoms with van der Waals surface area (Å²) in [6.07, 6.45) is 0. The molecule has 0 amide bonds. The molecule has 18 heavy (non-hydrogen) atoms. The van der Waals surface area contributed by atoms with Crippen LogP contribution in [0.1, 0.15) is 23.0 Å². The number of hydrogen-bond acceptors (Lipinski definition) is 4. The van der Waals surface area contributed by atoms with Gasteiger partial charge in [-0.05, 0) is 13.0 Å². The van der Waals surface area contributed by atoms with Gasteiger partial charge in [0.2, 0.25) is 0 Å². The number of hydrogen-bond donors (Lipinski definition) is 2. The molecule has 5 nitrogen and oxygen atoms in total. The number of carbonyl (C=O) groups is 1. The quantitative estimate of drug-likeness (QED) is 0.793. The Bertz CT molecular complexity index is 604. The van der Waals surface area contributed by atoms with Gasteiger partial charge < -0.3 is 10.1 Å². The fourth-order valence-electron chi connectivity index (χ4n) is 2.16. The number of aromatic nitrogens is 2. The summed E-state index contributed by atoms with van der Waals surface area (Å²) in [5, 5.41) is 10.3. The van der Waals surface area contributed by atoms with Crippen molar-refractivity contribution in [3.63, 3.8) is 0 Å². The lowest BCUT2D eigenvalue weighted by Gasteiger charge is -2.17. The Morgan fingerprint density at radius 2 is 2.28 bits per heavy atom. The summed E-state index contributed by atoms with van der Waals surface area (Å²) >= 11 is 0. The first kappa shape index (κ1) is 10.8. The number of nitrogens with one attached hydrogen (secondary N) is 2. The Hall–Kier alpha value is -2.30. The smallest absolute Gasteiger partial charge is 0.356 e. The van der Waals surface area contributed by atoms with E-state index in [1.165, 1.54) is 0 Å². The third kappa shape index (κ3) is 1.55. The van der Waals surface area contributed by atoms with Crippen LogP contribution in [0, 0.1) is 0 Å². The Labute approximate surface area is 104 Å². The lowest BCUT2D eigenvalue weighted by molar-refractivity contribution is 0.0518. The predicted octanol–water partition coefficient (Wildman–Crippen LogP) is 2.18. The van der Waals surface area contributed by atoms with Gasteiger partial charge in [-0.3, -0.25) is 5.10 Å². The molecule has 1 aliphatic rings. The molecule has 0 spiro atoms. The number of H-pyrrole nitrogens is 1. The standard InChI is InChI=1S/C13H13N3O2/c1-2-18-13(17)12-9-7-14-10-6-4-3-5-8(10)11(9)15-16-12/h3-6,14H,2,7H2,1H3,(H,15,16). The lowest BCUT2D eigenvalue weighted by atomic mass is 10.00. The maximum atomic E-state index is 11.8. The van der Waals surface area contributed by atoms with E-state index in [1.54, 1.807) is 6.92 Å². The van der Waals surface area contributed by atoms with Gasteiger partial charge in [0.05, 0.1) is 12.3 Å². The van der Waals surface area contributed by atoms with E-state index in [-0.39, 0.29) is 5.97 Å². The van der Waals surface area contributed by atoms with Crippen molar-refractivity contribution >= 4 is 11.7 Å². The highest BCUT2D eigenvalue weighted by Gasteiger charge is 2.25. The van der Waals surface area contributed by atoms with E-state index in [9.17, 15) is 4.79 Å². The van der Waals surface area contributed by atoms with E-state index >= 15 is 0 Å². The van der Waals surface area contributed by atoms with E-state index in [4.69, 9.17) is 4.74 Å². The summed E-state index contributed by atoms with van der Waals surface area (Å²) in [6, 6.07) is 7.90.